The molecule has 1 unspecified atom stereocenters. The topological polar surface area (TPSA) is 20.2 Å². The number of hydrogen-bond acceptors (Lipinski definition) is 1. The lowest BCUT2D eigenvalue weighted by Gasteiger charge is -2.46. The van der Waals surface area contributed by atoms with Gasteiger partial charge in [-0.25, -0.2) is 0 Å². The third-order valence-electron chi connectivity index (χ3n) is 5.53. The molecule has 0 heterocycles. The minimum Gasteiger partial charge on any atom is -0.390 e. The van der Waals surface area contributed by atoms with E-state index < -0.39 is 5.60 Å². The SMILES string of the molecule is CCC1=C(CC)C2(C=CC=CC2C(C)(C)O)C(CC)=C1CC. The Bertz CT molecular complexity index is 521. The first-order valence-electron chi connectivity index (χ1n) is 8.92. The highest BCUT2D eigenvalue weighted by atomic mass is 16.3. The molecule has 1 atom stereocenters. The molecule has 1 N–H and O–H groups in total. The van der Waals surface area contributed by atoms with Crippen molar-refractivity contribution in [3.63, 3.8) is 0 Å². The van der Waals surface area contributed by atoms with Gasteiger partial charge in [-0.2, -0.15) is 0 Å². The van der Waals surface area contributed by atoms with E-state index in [4.69, 9.17) is 0 Å². The Hall–Kier alpha value is -1.08. The normalized spacial score (nSPS) is 24.0. The van der Waals surface area contributed by atoms with Crippen molar-refractivity contribution < 1.29 is 5.11 Å². The third kappa shape index (κ3) is 2.34. The molecule has 0 aromatic heterocycles. The molecule has 0 saturated carbocycles. The number of rotatable bonds is 5. The summed E-state index contributed by atoms with van der Waals surface area (Å²) in [6.07, 6.45) is 13.2. The van der Waals surface area contributed by atoms with Crippen molar-refractivity contribution in [2.24, 2.45) is 11.3 Å². The molecule has 22 heavy (non-hydrogen) atoms. The Morgan fingerprint density at radius 2 is 1.41 bits per heavy atom. The minimum absolute atomic E-state index is 0.104. The van der Waals surface area contributed by atoms with Crippen molar-refractivity contribution >= 4 is 0 Å². The first-order valence-corrected chi connectivity index (χ1v) is 8.92. The predicted molar refractivity (Wildman–Crippen MR) is 95.7 cm³/mol. The Labute approximate surface area is 136 Å². The van der Waals surface area contributed by atoms with Crippen LogP contribution in [0.1, 0.15) is 67.2 Å². The van der Waals surface area contributed by atoms with Gasteiger partial charge in [0.15, 0.2) is 0 Å². The van der Waals surface area contributed by atoms with Crippen LogP contribution in [0.25, 0.3) is 0 Å². The molecule has 2 rings (SSSR count). The molecule has 0 fully saturated rings. The molecule has 0 aliphatic heterocycles. The van der Waals surface area contributed by atoms with Crippen LogP contribution in [0.15, 0.2) is 46.6 Å². The van der Waals surface area contributed by atoms with Crippen LogP contribution in [0, 0.1) is 11.3 Å². The summed E-state index contributed by atoms with van der Waals surface area (Å²) in [5.41, 5.74) is 5.34. The van der Waals surface area contributed by atoms with Crippen molar-refractivity contribution in [1.82, 2.24) is 0 Å². The summed E-state index contributed by atoms with van der Waals surface area (Å²) in [5.74, 6) is 0.112. The zero-order chi connectivity index (χ0) is 16.5. The molecule has 2 aliphatic carbocycles. The molecule has 0 amide bonds. The second kappa shape index (κ2) is 6.20. The Balaban J connectivity index is 2.78. The maximum Gasteiger partial charge on any atom is 0.0668 e. The van der Waals surface area contributed by atoms with Crippen LogP contribution in [0.4, 0.5) is 0 Å². The van der Waals surface area contributed by atoms with Gasteiger partial charge in [-0.05, 0) is 50.7 Å². The molecule has 122 valence electrons. The lowest BCUT2D eigenvalue weighted by Crippen LogP contribution is -2.44. The largest absolute Gasteiger partial charge is 0.390 e. The molecule has 1 heteroatoms. The van der Waals surface area contributed by atoms with E-state index in [0.717, 1.165) is 25.7 Å². The van der Waals surface area contributed by atoms with Crippen molar-refractivity contribution in [1.29, 1.82) is 0 Å². The third-order valence-corrected chi connectivity index (χ3v) is 5.53. The molecule has 1 spiro atoms. The van der Waals surface area contributed by atoms with Gasteiger partial charge in [0.2, 0.25) is 0 Å². The molecule has 0 aromatic carbocycles. The smallest absolute Gasteiger partial charge is 0.0668 e. The monoisotopic (exact) mass is 300 g/mol. The maximum absolute atomic E-state index is 10.9. The van der Waals surface area contributed by atoms with Crippen LogP contribution in [0.2, 0.25) is 0 Å². The average Bonchev–Trinajstić information content (AvgIpc) is 2.74. The van der Waals surface area contributed by atoms with Crippen molar-refractivity contribution in [3.05, 3.63) is 46.6 Å². The average molecular weight is 300 g/mol. The predicted octanol–water partition coefficient (Wildman–Crippen LogP) is 5.73. The van der Waals surface area contributed by atoms with Gasteiger partial charge in [0.25, 0.3) is 0 Å². The Morgan fingerprint density at radius 3 is 1.77 bits per heavy atom. The summed E-state index contributed by atoms with van der Waals surface area (Å²) in [6.45, 7) is 13.0. The van der Waals surface area contributed by atoms with Gasteiger partial charge in [0, 0.05) is 11.3 Å². The standard InChI is InChI=1S/C21H32O/c1-7-15-16(8-2)18(10-4)21(17(15)9-3)14-12-11-13-19(21)20(5,6)22/h11-14,19,22H,7-10H2,1-6H3. The van der Waals surface area contributed by atoms with Crippen LogP contribution < -0.4 is 0 Å². The molecular weight excluding hydrogens is 268 g/mol. The van der Waals surface area contributed by atoms with Crippen LogP contribution >= 0.6 is 0 Å². The summed E-state index contributed by atoms with van der Waals surface area (Å²) < 4.78 is 0. The van der Waals surface area contributed by atoms with Gasteiger partial charge < -0.3 is 5.11 Å². The van der Waals surface area contributed by atoms with Crippen molar-refractivity contribution in [2.75, 3.05) is 0 Å². The molecule has 0 saturated heterocycles. The summed E-state index contributed by atoms with van der Waals surface area (Å²) in [6, 6.07) is 0. The van der Waals surface area contributed by atoms with Gasteiger partial charge >= 0.3 is 0 Å². The highest BCUT2D eigenvalue weighted by molar-refractivity contribution is 5.59. The van der Waals surface area contributed by atoms with Crippen LogP contribution in [0.3, 0.4) is 0 Å². The lowest BCUT2D eigenvalue weighted by molar-refractivity contribution is 0.00779. The molecule has 0 radical (unpaired) electrons. The fourth-order valence-electron chi connectivity index (χ4n) is 4.92. The highest BCUT2D eigenvalue weighted by Crippen LogP contribution is 2.59. The first kappa shape index (κ1) is 17.3. The quantitative estimate of drug-likeness (QED) is 0.687. The molecule has 1 nitrogen and oxygen atoms in total. The molecule has 0 aromatic rings. The van der Waals surface area contributed by atoms with E-state index in [1.165, 1.54) is 11.1 Å². The maximum atomic E-state index is 10.9. The lowest BCUT2D eigenvalue weighted by atomic mass is 9.59. The van der Waals surface area contributed by atoms with E-state index in [1.54, 1.807) is 11.1 Å². The van der Waals surface area contributed by atoms with Crippen molar-refractivity contribution in [2.45, 2.75) is 72.8 Å². The number of aliphatic hydroxyl groups is 1. The Kier molecular flexibility index (Phi) is 4.87. The van der Waals surface area contributed by atoms with Gasteiger partial charge in [0.05, 0.1) is 5.60 Å². The summed E-state index contributed by atoms with van der Waals surface area (Å²) in [4.78, 5) is 0. The fraction of sp³-hybridized carbons (Fsp3) is 0.619. The van der Waals surface area contributed by atoms with Crippen LogP contribution in [0.5, 0.6) is 0 Å². The fourth-order valence-corrected chi connectivity index (χ4v) is 4.92. The van der Waals surface area contributed by atoms with Crippen LogP contribution in [-0.4, -0.2) is 10.7 Å². The minimum atomic E-state index is -0.732. The first-order chi connectivity index (χ1) is 10.4. The van der Waals surface area contributed by atoms with Crippen molar-refractivity contribution in [3.8, 4) is 0 Å². The van der Waals surface area contributed by atoms with E-state index in [2.05, 4.69) is 52.0 Å². The zero-order valence-electron chi connectivity index (χ0n) is 15.2. The highest BCUT2D eigenvalue weighted by Gasteiger charge is 2.51. The van der Waals surface area contributed by atoms with E-state index in [1.807, 2.05) is 13.8 Å². The van der Waals surface area contributed by atoms with E-state index in [0.29, 0.717) is 0 Å². The van der Waals surface area contributed by atoms with Gasteiger partial charge in [-0.3, -0.25) is 0 Å². The second-order valence-electron chi connectivity index (χ2n) is 7.07. The molecule has 2 aliphatic rings. The molecule has 0 bridgehead atoms. The zero-order valence-corrected chi connectivity index (χ0v) is 15.2. The number of hydrogen-bond donors (Lipinski definition) is 1. The summed E-state index contributed by atoms with van der Waals surface area (Å²) >= 11 is 0. The van der Waals surface area contributed by atoms with Crippen LogP contribution in [-0.2, 0) is 0 Å². The summed E-state index contributed by atoms with van der Waals surface area (Å²) in [7, 11) is 0. The second-order valence-corrected chi connectivity index (χ2v) is 7.07. The van der Waals surface area contributed by atoms with E-state index >= 15 is 0 Å². The summed E-state index contributed by atoms with van der Waals surface area (Å²) in [5, 5.41) is 10.9. The van der Waals surface area contributed by atoms with Gasteiger partial charge in [-0.1, -0.05) is 63.1 Å². The van der Waals surface area contributed by atoms with E-state index in [-0.39, 0.29) is 11.3 Å². The van der Waals surface area contributed by atoms with Gasteiger partial charge in [0.1, 0.15) is 0 Å². The van der Waals surface area contributed by atoms with E-state index in [9.17, 15) is 5.11 Å². The number of allylic oxidation sites excluding steroid dienone is 7. The Morgan fingerprint density at radius 1 is 0.909 bits per heavy atom. The van der Waals surface area contributed by atoms with Gasteiger partial charge in [-0.15, -0.1) is 0 Å². The molecular formula is C21H32O.